The number of fused-ring (bicyclic) bond motifs is 2. The largest absolute Gasteiger partial charge is 0.435 e. The zero-order chi connectivity index (χ0) is 38.6. The monoisotopic (exact) mass is 750 g/mol. The fourth-order valence-corrected chi connectivity index (χ4v) is 8.89. The number of hydrogen-bond acceptors (Lipinski definition) is 5. The molecule has 0 saturated carbocycles. The third-order valence-corrected chi connectivity index (χ3v) is 12.9. The molecule has 7 aromatic rings. The van der Waals surface area contributed by atoms with Crippen molar-refractivity contribution in [2.75, 3.05) is 0 Å². The highest BCUT2D eigenvalue weighted by Gasteiger charge is 2.29. The van der Waals surface area contributed by atoms with E-state index in [9.17, 15) is 0 Å². The van der Waals surface area contributed by atoms with Crippen LogP contribution in [0.3, 0.4) is 0 Å². The Labute approximate surface area is 332 Å². The van der Waals surface area contributed by atoms with Crippen LogP contribution in [0.15, 0.2) is 93.8 Å². The van der Waals surface area contributed by atoms with Crippen LogP contribution >= 0.6 is 11.3 Å². The van der Waals surface area contributed by atoms with Crippen LogP contribution in [0, 0.1) is 23.7 Å². The third kappa shape index (κ3) is 8.38. The molecular weight excluding hydrogens is 693 g/mol. The Morgan fingerprint density at radius 1 is 0.491 bits per heavy atom. The number of rotatable bonds is 16. The Hall–Kier alpha value is -4.48. The molecule has 55 heavy (non-hydrogen) atoms. The minimum absolute atomic E-state index is 0.545. The number of thiophene rings is 1. The van der Waals surface area contributed by atoms with E-state index in [1.165, 1.54) is 22.3 Å². The molecule has 0 fully saturated rings. The molecule has 0 aliphatic heterocycles. The smallest absolute Gasteiger partial charge is 0.238 e. The Bertz CT molecular complexity index is 2180. The molecule has 286 valence electrons. The van der Waals surface area contributed by atoms with Crippen molar-refractivity contribution in [3.8, 4) is 43.8 Å². The van der Waals surface area contributed by atoms with Crippen molar-refractivity contribution >= 4 is 33.5 Å². The SMILES string of the molecule is CCC(C)Cc1cc(CC(C)CC)c2oc(-c3sc(-c4nc5cc(CC(C)CC)cc(CC(C)CC)c5o4)c(-c4ccccc4)c3-c3ccccc3)nc2c1. The summed E-state index contributed by atoms with van der Waals surface area (Å²) < 4.78 is 13.9. The quantitative estimate of drug-likeness (QED) is 0.0987. The second-order valence-corrected chi connectivity index (χ2v) is 17.4. The fourth-order valence-electron chi connectivity index (χ4n) is 7.69. The first-order valence-electron chi connectivity index (χ1n) is 20.8. The van der Waals surface area contributed by atoms with E-state index in [1.54, 1.807) is 11.3 Å². The minimum Gasteiger partial charge on any atom is -0.435 e. The van der Waals surface area contributed by atoms with E-state index in [1.807, 2.05) is 0 Å². The van der Waals surface area contributed by atoms with Crippen molar-refractivity contribution in [3.63, 3.8) is 0 Å². The van der Waals surface area contributed by atoms with Crippen LogP contribution in [-0.4, -0.2) is 9.97 Å². The van der Waals surface area contributed by atoms with Crippen LogP contribution in [0.1, 0.15) is 103 Å². The average molecular weight is 751 g/mol. The van der Waals surface area contributed by atoms with E-state index in [0.29, 0.717) is 35.5 Å². The molecule has 4 unspecified atom stereocenters. The molecule has 3 aromatic heterocycles. The molecular formula is C50H58N2O2S. The van der Waals surface area contributed by atoms with Gasteiger partial charge in [-0.3, -0.25) is 0 Å². The Morgan fingerprint density at radius 2 is 0.855 bits per heavy atom. The second kappa shape index (κ2) is 17.1. The fraction of sp³-hybridized carbons (Fsp3) is 0.400. The van der Waals surface area contributed by atoms with Gasteiger partial charge in [0.2, 0.25) is 11.8 Å². The van der Waals surface area contributed by atoms with Crippen LogP contribution in [0.2, 0.25) is 0 Å². The lowest BCUT2D eigenvalue weighted by atomic mass is 9.93. The van der Waals surface area contributed by atoms with Gasteiger partial charge in [0, 0.05) is 11.1 Å². The highest BCUT2D eigenvalue weighted by atomic mass is 32.1. The number of nitrogens with zero attached hydrogens (tertiary/aromatic N) is 2. The zero-order valence-corrected chi connectivity index (χ0v) is 35.0. The number of hydrogen-bond donors (Lipinski definition) is 0. The summed E-state index contributed by atoms with van der Waals surface area (Å²) in [4.78, 5) is 12.7. The van der Waals surface area contributed by atoms with Gasteiger partial charge in [0.25, 0.3) is 0 Å². The number of oxazole rings is 2. The molecule has 0 N–H and O–H groups in total. The lowest BCUT2D eigenvalue weighted by Gasteiger charge is -2.12. The van der Waals surface area contributed by atoms with Crippen LogP contribution in [0.5, 0.6) is 0 Å². The molecule has 0 saturated heterocycles. The lowest BCUT2D eigenvalue weighted by Crippen LogP contribution is -2.02. The standard InChI is InChI=1S/C50H58N2O2S/c1-9-31(5)23-35-27-39(25-33(7)11-3)45-41(29-35)51-49(53-45)47-43(37-19-15-13-16-20-37)44(38-21-17-14-18-22-38)48(55-47)50-52-42-30-36(24-32(6)10-2)28-40(46(42)54-50)26-34(8)12-4/h13-22,27-34H,9-12,23-26H2,1-8H3. The highest BCUT2D eigenvalue weighted by molar-refractivity contribution is 7.20. The molecule has 7 rings (SSSR count). The highest BCUT2D eigenvalue weighted by Crippen LogP contribution is 2.52. The molecule has 0 aliphatic rings. The third-order valence-electron chi connectivity index (χ3n) is 11.8. The van der Waals surface area contributed by atoms with Crippen LogP contribution in [0.4, 0.5) is 0 Å². The summed E-state index contributed by atoms with van der Waals surface area (Å²) in [5.41, 5.74) is 13.3. The average Bonchev–Trinajstić information content (AvgIpc) is 3.94. The van der Waals surface area contributed by atoms with E-state index in [2.05, 4.69) is 140 Å². The van der Waals surface area contributed by atoms with E-state index < -0.39 is 0 Å². The van der Waals surface area contributed by atoms with Crippen molar-refractivity contribution < 1.29 is 8.83 Å². The maximum absolute atomic E-state index is 6.96. The minimum atomic E-state index is 0.545. The molecule has 0 spiro atoms. The van der Waals surface area contributed by atoms with Crippen molar-refractivity contribution in [2.24, 2.45) is 23.7 Å². The van der Waals surface area contributed by atoms with Crippen molar-refractivity contribution in [1.82, 2.24) is 9.97 Å². The van der Waals surface area contributed by atoms with Crippen molar-refractivity contribution in [1.29, 1.82) is 0 Å². The summed E-state index contributed by atoms with van der Waals surface area (Å²) in [6.07, 6.45) is 8.54. The van der Waals surface area contributed by atoms with Crippen molar-refractivity contribution in [2.45, 2.75) is 107 Å². The molecule has 4 atom stereocenters. The van der Waals surface area contributed by atoms with E-state index >= 15 is 0 Å². The molecule has 0 radical (unpaired) electrons. The lowest BCUT2D eigenvalue weighted by molar-refractivity contribution is 0.546. The summed E-state index contributed by atoms with van der Waals surface area (Å²) in [6, 6.07) is 30.7. The molecule has 0 amide bonds. The first kappa shape index (κ1) is 38.8. The Kier molecular flexibility index (Phi) is 12.1. The zero-order valence-electron chi connectivity index (χ0n) is 34.2. The molecule has 4 aromatic carbocycles. The molecule has 0 bridgehead atoms. The van der Waals surface area contributed by atoms with Crippen molar-refractivity contribution in [3.05, 3.63) is 107 Å². The van der Waals surface area contributed by atoms with Gasteiger partial charge in [0.05, 0.1) is 9.75 Å². The summed E-state index contributed by atoms with van der Waals surface area (Å²) in [5.74, 6) is 3.60. The van der Waals surface area contributed by atoms with Gasteiger partial charge in [0.15, 0.2) is 11.2 Å². The van der Waals surface area contributed by atoms with E-state index in [4.69, 9.17) is 18.8 Å². The van der Waals surface area contributed by atoms with Crippen LogP contribution in [-0.2, 0) is 25.7 Å². The first-order chi connectivity index (χ1) is 26.7. The van der Waals surface area contributed by atoms with Crippen LogP contribution < -0.4 is 0 Å². The topological polar surface area (TPSA) is 52.1 Å². The molecule has 5 heteroatoms. The van der Waals surface area contributed by atoms with Gasteiger partial charge >= 0.3 is 0 Å². The normalized spacial score (nSPS) is 14.1. The maximum atomic E-state index is 6.96. The summed E-state index contributed by atoms with van der Waals surface area (Å²) in [6.45, 7) is 18.4. The van der Waals surface area contributed by atoms with Gasteiger partial charge in [-0.1, -0.05) is 154 Å². The van der Waals surface area contributed by atoms with E-state index in [0.717, 1.165) is 106 Å². The van der Waals surface area contributed by atoms with Gasteiger partial charge in [-0.15, -0.1) is 11.3 Å². The predicted octanol–water partition coefficient (Wildman–Crippen LogP) is 15.1. The van der Waals surface area contributed by atoms with Gasteiger partial charge in [0.1, 0.15) is 11.0 Å². The summed E-state index contributed by atoms with van der Waals surface area (Å²) in [7, 11) is 0. The van der Waals surface area contributed by atoms with E-state index in [-0.39, 0.29) is 0 Å². The maximum Gasteiger partial charge on any atom is 0.238 e. The molecule has 3 heterocycles. The predicted molar refractivity (Wildman–Crippen MR) is 234 cm³/mol. The number of aromatic nitrogens is 2. The Morgan fingerprint density at radius 3 is 1.22 bits per heavy atom. The van der Waals surface area contributed by atoms with Gasteiger partial charge < -0.3 is 8.83 Å². The summed E-state index contributed by atoms with van der Waals surface area (Å²) >= 11 is 1.69. The Balaban J connectivity index is 1.49. The van der Waals surface area contributed by atoms with Crippen LogP contribution in [0.25, 0.3) is 66.0 Å². The first-order valence-corrected chi connectivity index (χ1v) is 21.6. The van der Waals surface area contributed by atoms with Gasteiger partial charge in [-0.05, 0) is 94.9 Å². The summed E-state index contributed by atoms with van der Waals surface area (Å²) in [5, 5.41) is 0. The second-order valence-electron chi connectivity index (χ2n) is 16.4. The number of benzene rings is 4. The molecule has 4 nitrogen and oxygen atoms in total. The van der Waals surface area contributed by atoms with Gasteiger partial charge in [-0.2, -0.15) is 0 Å². The molecule has 0 aliphatic carbocycles. The van der Waals surface area contributed by atoms with Gasteiger partial charge in [-0.25, -0.2) is 9.97 Å².